The summed E-state index contributed by atoms with van der Waals surface area (Å²) in [4.78, 5) is 2.78. The molecule has 0 spiro atoms. The molecule has 2 rings (SSSR count). The van der Waals surface area contributed by atoms with Crippen LogP contribution in [0.25, 0.3) is 0 Å². The van der Waals surface area contributed by atoms with Gasteiger partial charge < -0.3 is 5.32 Å². The van der Waals surface area contributed by atoms with Gasteiger partial charge in [-0.3, -0.25) is 4.90 Å². The van der Waals surface area contributed by atoms with Gasteiger partial charge in [-0.05, 0) is 44.1 Å². The molecule has 19 heavy (non-hydrogen) atoms. The Morgan fingerprint density at radius 3 is 2.21 bits per heavy atom. The monoisotopic (exact) mass is 266 g/mol. The molecule has 0 aromatic heterocycles. The summed E-state index contributed by atoms with van der Waals surface area (Å²) in [5.74, 6) is 1.73. The highest BCUT2D eigenvalue weighted by atomic mass is 15.2. The summed E-state index contributed by atoms with van der Waals surface area (Å²) >= 11 is 0. The zero-order valence-electron chi connectivity index (χ0n) is 13.3. The van der Waals surface area contributed by atoms with Gasteiger partial charge in [0.2, 0.25) is 0 Å². The Labute approximate surface area is 120 Å². The first kappa shape index (κ1) is 15.3. The van der Waals surface area contributed by atoms with Gasteiger partial charge in [-0.2, -0.15) is 0 Å². The van der Waals surface area contributed by atoms with Crippen LogP contribution in [0.1, 0.15) is 65.7 Å². The van der Waals surface area contributed by atoms with Gasteiger partial charge >= 0.3 is 0 Å². The number of rotatable bonds is 8. The third-order valence-corrected chi connectivity index (χ3v) is 4.78. The van der Waals surface area contributed by atoms with E-state index in [1.807, 2.05) is 0 Å². The number of likely N-dealkylation sites (N-methyl/N-ethyl adjacent to an activating group) is 1. The number of hydrogen-bond donors (Lipinski definition) is 1. The first-order chi connectivity index (χ1) is 9.20. The Bertz CT molecular complexity index is 242. The number of nitrogens with zero attached hydrogens (tertiary/aromatic N) is 1. The lowest BCUT2D eigenvalue weighted by Crippen LogP contribution is -2.47. The molecule has 0 aromatic carbocycles. The Hall–Kier alpha value is -0.0800. The van der Waals surface area contributed by atoms with E-state index >= 15 is 0 Å². The molecule has 0 radical (unpaired) electrons. The van der Waals surface area contributed by atoms with Crippen LogP contribution in [0, 0.1) is 11.8 Å². The molecule has 0 amide bonds. The first-order valence-corrected chi connectivity index (χ1v) is 8.68. The molecule has 2 aliphatic rings. The molecule has 112 valence electrons. The molecule has 0 aliphatic heterocycles. The summed E-state index contributed by atoms with van der Waals surface area (Å²) < 4.78 is 0. The van der Waals surface area contributed by atoms with Crippen LogP contribution in [0.3, 0.4) is 0 Å². The molecule has 1 unspecified atom stereocenters. The molecule has 0 aromatic rings. The lowest BCUT2D eigenvalue weighted by Gasteiger charge is -2.35. The fourth-order valence-corrected chi connectivity index (χ4v) is 3.71. The van der Waals surface area contributed by atoms with Crippen LogP contribution in [-0.4, -0.2) is 36.6 Å². The zero-order chi connectivity index (χ0) is 13.7. The molecule has 2 nitrogen and oxygen atoms in total. The fourth-order valence-electron chi connectivity index (χ4n) is 3.71. The second-order valence-corrected chi connectivity index (χ2v) is 7.14. The van der Waals surface area contributed by atoms with Gasteiger partial charge in [0, 0.05) is 25.2 Å². The van der Waals surface area contributed by atoms with Crippen LogP contribution in [-0.2, 0) is 0 Å². The second-order valence-electron chi connectivity index (χ2n) is 7.14. The first-order valence-electron chi connectivity index (χ1n) is 8.68. The van der Waals surface area contributed by atoms with Gasteiger partial charge in [0.05, 0.1) is 0 Å². The third-order valence-electron chi connectivity index (χ3n) is 4.78. The Balaban J connectivity index is 1.88. The van der Waals surface area contributed by atoms with E-state index in [2.05, 4.69) is 31.0 Å². The van der Waals surface area contributed by atoms with E-state index < -0.39 is 0 Å². The minimum atomic E-state index is 0.740. The Morgan fingerprint density at radius 2 is 1.68 bits per heavy atom. The molecule has 1 N–H and O–H groups in total. The summed E-state index contributed by atoms with van der Waals surface area (Å²) in [5.41, 5.74) is 0. The normalized spacial score (nSPS) is 23.2. The minimum absolute atomic E-state index is 0.740. The van der Waals surface area contributed by atoms with Gasteiger partial charge in [-0.1, -0.05) is 40.0 Å². The quantitative estimate of drug-likeness (QED) is 0.721. The number of nitrogens with one attached hydrogen (secondary N) is 1. The third kappa shape index (κ3) is 5.07. The molecule has 2 fully saturated rings. The molecule has 1 atom stereocenters. The largest absolute Gasteiger partial charge is 0.313 e. The van der Waals surface area contributed by atoms with E-state index in [9.17, 15) is 0 Å². The van der Waals surface area contributed by atoms with E-state index in [1.165, 1.54) is 58.0 Å². The van der Waals surface area contributed by atoms with Crippen molar-refractivity contribution in [1.82, 2.24) is 10.2 Å². The molecular formula is C17H34N2. The van der Waals surface area contributed by atoms with Gasteiger partial charge in [-0.25, -0.2) is 0 Å². The maximum atomic E-state index is 3.80. The Kier molecular flexibility index (Phi) is 6.15. The molecule has 2 aliphatic carbocycles. The van der Waals surface area contributed by atoms with Crippen molar-refractivity contribution in [3.8, 4) is 0 Å². The van der Waals surface area contributed by atoms with Crippen LogP contribution in [0.5, 0.6) is 0 Å². The van der Waals surface area contributed by atoms with E-state index in [4.69, 9.17) is 0 Å². The van der Waals surface area contributed by atoms with E-state index in [0.717, 1.165) is 30.5 Å². The van der Waals surface area contributed by atoms with Crippen molar-refractivity contribution in [3.05, 3.63) is 0 Å². The maximum Gasteiger partial charge on any atom is 0.0223 e. The van der Waals surface area contributed by atoms with Crippen LogP contribution < -0.4 is 5.32 Å². The summed E-state index contributed by atoms with van der Waals surface area (Å²) in [7, 11) is 0. The highest BCUT2D eigenvalue weighted by molar-refractivity contribution is 4.89. The van der Waals surface area contributed by atoms with Crippen molar-refractivity contribution >= 4 is 0 Å². The zero-order valence-corrected chi connectivity index (χ0v) is 13.3. The average molecular weight is 266 g/mol. The summed E-state index contributed by atoms with van der Waals surface area (Å²) in [6, 6.07) is 1.65. The van der Waals surface area contributed by atoms with Gasteiger partial charge in [0.25, 0.3) is 0 Å². The molecular weight excluding hydrogens is 232 g/mol. The predicted molar refractivity (Wildman–Crippen MR) is 83.5 cm³/mol. The number of hydrogen-bond acceptors (Lipinski definition) is 2. The van der Waals surface area contributed by atoms with Gasteiger partial charge in [-0.15, -0.1) is 0 Å². The second kappa shape index (κ2) is 7.64. The SMILES string of the molecule is CCNC(CN(CC(C)C)C1CC1)C1CCCCC1. The summed E-state index contributed by atoms with van der Waals surface area (Å²) in [6.45, 7) is 10.7. The summed E-state index contributed by atoms with van der Waals surface area (Å²) in [5, 5.41) is 3.80. The van der Waals surface area contributed by atoms with Crippen molar-refractivity contribution in [1.29, 1.82) is 0 Å². The molecule has 2 heteroatoms. The van der Waals surface area contributed by atoms with Crippen molar-refractivity contribution in [2.24, 2.45) is 11.8 Å². The molecule has 0 bridgehead atoms. The molecule has 0 heterocycles. The minimum Gasteiger partial charge on any atom is -0.313 e. The maximum absolute atomic E-state index is 3.80. The highest BCUT2D eigenvalue weighted by Crippen LogP contribution is 2.31. The van der Waals surface area contributed by atoms with Crippen LogP contribution >= 0.6 is 0 Å². The van der Waals surface area contributed by atoms with Crippen LogP contribution in [0.15, 0.2) is 0 Å². The smallest absolute Gasteiger partial charge is 0.0223 e. The fraction of sp³-hybridized carbons (Fsp3) is 1.00. The lowest BCUT2D eigenvalue weighted by atomic mass is 9.83. The van der Waals surface area contributed by atoms with Crippen molar-refractivity contribution < 1.29 is 0 Å². The molecule has 2 saturated carbocycles. The van der Waals surface area contributed by atoms with Crippen LogP contribution in [0.4, 0.5) is 0 Å². The topological polar surface area (TPSA) is 15.3 Å². The summed E-state index contributed by atoms with van der Waals surface area (Å²) in [6.07, 6.45) is 10.2. The lowest BCUT2D eigenvalue weighted by molar-refractivity contribution is 0.165. The Morgan fingerprint density at radius 1 is 1.00 bits per heavy atom. The van der Waals surface area contributed by atoms with Gasteiger partial charge in [0.1, 0.15) is 0 Å². The van der Waals surface area contributed by atoms with Crippen molar-refractivity contribution in [2.45, 2.75) is 77.8 Å². The van der Waals surface area contributed by atoms with Crippen molar-refractivity contribution in [3.63, 3.8) is 0 Å². The van der Waals surface area contributed by atoms with Crippen molar-refractivity contribution in [2.75, 3.05) is 19.6 Å². The van der Waals surface area contributed by atoms with Gasteiger partial charge in [0.15, 0.2) is 0 Å². The van der Waals surface area contributed by atoms with E-state index in [0.29, 0.717) is 0 Å². The predicted octanol–water partition coefficient (Wildman–Crippen LogP) is 3.67. The molecule has 0 saturated heterocycles. The van der Waals surface area contributed by atoms with Crippen LogP contribution in [0.2, 0.25) is 0 Å². The van der Waals surface area contributed by atoms with E-state index in [1.54, 1.807) is 0 Å². The highest BCUT2D eigenvalue weighted by Gasteiger charge is 2.33. The standard InChI is InChI=1S/C17H34N2/c1-4-18-17(15-8-6-5-7-9-15)13-19(12-14(2)3)16-10-11-16/h14-18H,4-13H2,1-3H3. The average Bonchev–Trinajstić information content (AvgIpc) is 3.22. The van der Waals surface area contributed by atoms with E-state index in [-0.39, 0.29) is 0 Å².